The average Bonchev–Trinajstić information content (AvgIpc) is 2.66. The van der Waals surface area contributed by atoms with Crippen molar-refractivity contribution in [1.29, 1.82) is 0 Å². The molecular weight excluding hydrogens is 380 g/mol. The molecule has 0 aliphatic rings. The normalized spacial score (nSPS) is 12.2. The van der Waals surface area contributed by atoms with Crippen molar-refractivity contribution in [2.24, 2.45) is 5.92 Å². The van der Waals surface area contributed by atoms with E-state index in [1.54, 1.807) is 30.3 Å². The second kappa shape index (κ2) is 8.48. The van der Waals surface area contributed by atoms with Crippen molar-refractivity contribution >= 4 is 28.5 Å². The summed E-state index contributed by atoms with van der Waals surface area (Å²) in [4.78, 5) is 24.7. The molecule has 146 valence electrons. The molecule has 0 saturated heterocycles. The smallest absolute Gasteiger partial charge is 0.336 e. The van der Waals surface area contributed by atoms with Crippen LogP contribution in [0.3, 0.4) is 0 Å². The zero-order chi connectivity index (χ0) is 20.3. The van der Waals surface area contributed by atoms with Crippen LogP contribution in [-0.2, 0) is 16.1 Å². The highest BCUT2D eigenvalue weighted by molar-refractivity contribution is 6.30. The third kappa shape index (κ3) is 4.37. The fourth-order valence-electron chi connectivity index (χ4n) is 3.16. The van der Waals surface area contributed by atoms with E-state index in [4.69, 9.17) is 25.5 Å². The Hall–Kier alpha value is -2.79. The summed E-state index contributed by atoms with van der Waals surface area (Å²) in [5.74, 6) is -0.168. The van der Waals surface area contributed by atoms with E-state index < -0.39 is 11.5 Å². The number of methoxy groups -OCH3 is 1. The van der Waals surface area contributed by atoms with E-state index >= 15 is 0 Å². The Bertz CT molecular complexity index is 1040. The summed E-state index contributed by atoms with van der Waals surface area (Å²) < 4.78 is 16.0. The standard InChI is InChI=1S/C22H21ClO5/c1-13(2)21(14-4-6-16(23)7-5-14)22(25)27-12-15-10-20(24)28-19-11-17(26-3)8-9-18(15)19/h4-11,13,21H,12H2,1-3H3/t21-/m1/s1. The fraction of sp³-hybridized carbons (Fsp3) is 0.273. The Morgan fingerprint density at radius 1 is 1.11 bits per heavy atom. The van der Waals surface area contributed by atoms with Gasteiger partial charge in [0, 0.05) is 28.1 Å². The zero-order valence-electron chi connectivity index (χ0n) is 15.9. The molecule has 1 heterocycles. The number of benzene rings is 2. The Balaban J connectivity index is 1.85. The molecule has 0 saturated carbocycles. The molecule has 1 aromatic heterocycles. The number of carbonyl (C=O) groups is 1. The average molecular weight is 401 g/mol. The van der Waals surface area contributed by atoms with E-state index in [0.717, 1.165) is 5.56 Å². The van der Waals surface area contributed by atoms with Gasteiger partial charge in [0.2, 0.25) is 0 Å². The first-order valence-electron chi connectivity index (χ1n) is 8.92. The summed E-state index contributed by atoms with van der Waals surface area (Å²) >= 11 is 5.95. The minimum Gasteiger partial charge on any atom is -0.497 e. The van der Waals surface area contributed by atoms with Crippen LogP contribution in [0.15, 0.2) is 57.7 Å². The second-order valence-electron chi connectivity index (χ2n) is 6.83. The van der Waals surface area contributed by atoms with Crippen LogP contribution in [0, 0.1) is 5.92 Å². The number of rotatable bonds is 6. The molecule has 0 fully saturated rings. The number of fused-ring (bicyclic) bond motifs is 1. The highest BCUT2D eigenvalue weighted by Gasteiger charge is 2.26. The molecule has 0 aliphatic heterocycles. The van der Waals surface area contributed by atoms with E-state index in [0.29, 0.717) is 27.3 Å². The molecule has 2 aromatic carbocycles. The third-order valence-corrected chi connectivity index (χ3v) is 4.81. The molecule has 0 spiro atoms. The van der Waals surface area contributed by atoms with Crippen LogP contribution in [0.4, 0.5) is 0 Å². The lowest BCUT2D eigenvalue weighted by atomic mass is 9.88. The SMILES string of the molecule is COc1ccc2c(COC(=O)[C@@H](c3ccc(Cl)cc3)C(C)C)cc(=O)oc2c1. The molecule has 0 unspecified atom stereocenters. The lowest BCUT2D eigenvalue weighted by molar-refractivity contribution is -0.147. The Labute approximate surface area is 167 Å². The van der Waals surface area contributed by atoms with Gasteiger partial charge in [-0.1, -0.05) is 37.6 Å². The first-order chi connectivity index (χ1) is 13.4. The van der Waals surface area contributed by atoms with Crippen molar-refractivity contribution in [2.45, 2.75) is 26.4 Å². The minimum atomic E-state index is -0.509. The maximum absolute atomic E-state index is 12.8. The summed E-state index contributed by atoms with van der Waals surface area (Å²) in [7, 11) is 1.54. The number of hydrogen-bond donors (Lipinski definition) is 0. The molecular formula is C22H21ClO5. The summed E-state index contributed by atoms with van der Waals surface area (Å²) in [6.07, 6.45) is 0. The van der Waals surface area contributed by atoms with E-state index in [-0.39, 0.29) is 18.5 Å². The van der Waals surface area contributed by atoms with Gasteiger partial charge in [0.15, 0.2) is 0 Å². The molecule has 0 radical (unpaired) electrons. The number of esters is 1. The summed E-state index contributed by atoms with van der Waals surface area (Å²) in [5.41, 5.74) is 1.30. The quantitative estimate of drug-likeness (QED) is 0.433. The minimum absolute atomic E-state index is 0.0237. The molecule has 0 aliphatic carbocycles. The van der Waals surface area contributed by atoms with Gasteiger partial charge >= 0.3 is 11.6 Å². The van der Waals surface area contributed by atoms with Gasteiger partial charge in [-0.15, -0.1) is 0 Å². The predicted octanol–water partition coefficient (Wildman–Crippen LogP) is 4.94. The van der Waals surface area contributed by atoms with Gasteiger partial charge in [-0.2, -0.15) is 0 Å². The summed E-state index contributed by atoms with van der Waals surface area (Å²) in [6, 6.07) is 13.7. The first kappa shape index (κ1) is 20.0. The van der Waals surface area contributed by atoms with Crippen molar-refractivity contribution in [3.8, 4) is 5.75 Å². The van der Waals surface area contributed by atoms with Crippen LogP contribution in [0.5, 0.6) is 5.75 Å². The van der Waals surface area contributed by atoms with Crippen molar-refractivity contribution in [1.82, 2.24) is 0 Å². The van der Waals surface area contributed by atoms with Crippen molar-refractivity contribution < 1.29 is 18.7 Å². The van der Waals surface area contributed by atoms with E-state index in [2.05, 4.69) is 0 Å². The van der Waals surface area contributed by atoms with Gasteiger partial charge in [0.25, 0.3) is 0 Å². The number of carbonyl (C=O) groups excluding carboxylic acids is 1. The summed E-state index contributed by atoms with van der Waals surface area (Å²) in [6.45, 7) is 3.89. The first-order valence-corrected chi connectivity index (χ1v) is 9.29. The number of halogens is 1. The fourth-order valence-corrected chi connectivity index (χ4v) is 3.28. The molecule has 28 heavy (non-hydrogen) atoms. The Morgan fingerprint density at radius 3 is 2.46 bits per heavy atom. The van der Waals surface area contributed by atoms with Gasteiger partial charge in [0.1, 0.15) is 17.9 Å². The monoisotopic (exact) mass is 400 g/mol. The van der Waals surface area contributed by atoms with Gasteiger partial charge in [-0.05, 0) is 35.7 Å². The van der Waals surface area contributed by atoms with Crippen LogP contribution in [-0.4, -0.2) is 13.1 Å². The Morgan fingerprint density at radius 2 is 1.82 bits per heavy atom. The zero-order valence-corrected chi connectivity index (χ0v) is 16.7. The molecule has 6 heteroatoms. The Kier molecular flexibility index (Phi) is 6.05. The van der Waals surface area contributed by atoms with Gasteiger partial charge < -0.3 is 13.9 Å². The van der Waals surface area contributed by atoms with E-state index in [1.165, 1.54) is 13.2 Å². The molecule has 0 N–H and O–H groups in total. The number of ether oxygens (including phenoxy) is 2. The highest BCUT2D eigenvalue weighted by atomic mass is 35.5. The van der Waals surface area contributed by atoms with E-state index in [9.17, 15) is 9.59 Å². The highest BCUT2D eigenvalue weighted by Crippen LogP contribution is 2.28. The van der Waals surface area contributed by atoms with Crippen molar-refractivity contribution in [3.63, 3.8) is 0 Å². The lowest BCUT2D eigenvalue weighted by Gasteiger charge is -2.20. The lowest BCUT2D eigenvalue weighted by Crippen LogP contribution is -2.21. The predicted molar refractivity (Wildman–Crippen MR) is 108 cm³/mol. The van der Waals surface area contributed by atoms with Crippen LogP contribution in [0.1, 0.15) is 30.9 Å². The van der Waals surface area contributed by atoms with Gasteiger partial charge in [0.05, 0.1) is 13.0 Å². The van der Waals surface area contributed by atoms with Crippen LogP contribution < -0.4 is 10.4 Å². The number of hydrogen-bond acceptors (Lipinski definition) is 5. The maximum Gasteiger partial charge on any atom is 0.336 e. The molecule has 3 aromatic rings. The van der Waals surface area contributed by atoms with Gasteiger partial charge in [-0.3, -0.25) is 4.79 Å². The molecule has 3 rings (SSSR count). The van der Waals surface area contributed by atoms with E-state index in [1.807, 2.05) is 26.0 Å². The topological polar surface area (TPSA) is 65.7 Å². The molecule has 1 atom stereocenters. The molecule has 0 amide bonds. The summed E-state index contributed by atoms with van der Waals surface area (Å²) in [5, 5.41) is 1.30. The maximum atomic E-state index is 12.8. The molecule has 0 bridgehead atoms. The van der Waals surface area contributed by atoms with Crippen LogP contribution in [0.25, 0.3) is 11.0 Å². The van der Waals surface area contributed by atoms with Crippen molar-refractivity contribution in [2.75, 3.05) is 7.11 Å². The van der Waals surface area contributed by atoms with Gasteiger partial charge in [-0.25, -0.2) is 4.79 Å². The van der Waals surface area contributed by atoms with Crippen LogP contribution in [0.2, 0.25) is 5.02 Å². The molecule has 5 nitrogen and oxygen atoms in total. The van der Waals surface area contributed by atoms with Crippen LogP contribution >= 0.6 is 11.6 Å². The second-order valence-corrected chi connectivity index (χ2v) is 7.27. The van der Waals surface area contributed by atoms with Crippen molar-refractivity contribution in [3.05, 3.63) is 75.1 Å². The third-order valence-electron chi connectivity index (χ3n) is 4.56. The largest absolute Gasteiger partial charge is 0.497 e.